The Labute approximate surface area is 153 Å². The van der Waals surface area contributed by atoms with Crippen LogP contribution >= 0.6 is 0 Å². The van der Waals surface area contributed by atoms with Gasteiger partial charge in [-0.1, -0.05) is 43.7 Å². The van der Waals surface area contributed by atoms with Gasteiger partial charge in [0.05, 0.1) is 12.8 Å². The monoisotopic (exact) mass is 353 g/mol. The van der Waals surface area contributed by atoms with Gasteiger partial charge in [-0.2, -0.15) is 5.10 Å². The number of benzene rings is 2. The van der Waals surface area contributed by atoms with Gasteiger partial charge in [0.25, 0.3) is 0 Å². The molecule has 2 N–H and O–H groups in total. The predicted molar refractivity (Wildman–Crippen MR) is 101 cm³/mol. The third-order valence-corrected chi connectivity index (χ3v) is 3.53. The quantitative estimate of drug-likeness (QED) is 0.331. The van der Waals surface area contributed by atoms with Gasteiger partial charge in [0.15, 0.2) is 0 Å². The van der Waals surface area contributed by atoms with Crippen LogP contribution in [0.5, 0.6) is 5.75 Å². The first-order chi connectivity index (χ1) is 12.7. The third-order valence-electron chi connectivity index (χ3n) is 3.53. The van der Waals surface area contributed by atoms with E-state index < -0.39 is 11.8 Å². The van der Waals surface area contributed by atoms with E-state index in [4.69, 9.17) is 4.74 Å². The number of hydrogen-bond acceptors (Lipinski definition) is 4. The highest BCUT2D eigenvalue weighted by Gasteiger charge is 2.11. The Morgan fingerprint density at radius 1 is 1.04 bits per heavy atom. The zero-order chi connectivity index (χ0) is 18.6. The molecule has 0 heterocycles. The van der Waals surface area contributed by atoms with Crippen LogP contribution < -0.4 is 15.5 Å². The van der Waals surface area contributed by atoms with E-state index in [1.165, 1.54) is 6.21 Å². The summed E-state index contributed by atoms with van der Waals surface area (Å²) in [5, 5.41) is 6.33. The maximum atomic E-state index is 11.7. The molecule has 2 rings (SSSR count). The molecule has 6 heteroatoms. The molecule has 0 aliphatic rings. The second kappa shape index (κ2) is 10.7. The number of ether oxygens (including phenoxy) is 1. The topological polar surface area (TPSA) is 79.8 Å². The van der Waals surface area contributed by atoms with E-state index >= 15 is 0 Å². The first-order valence-electron chi connectivity index (χ1n) is 8.57. The van der Waals surface area contributed by atoms with Gasteiger partial charge in [-0.15, -0.1) is 0 Å². The largest absolute Gasteiger partial charge is 0.494 e. The molecule has 0 saturated carbocycles. The van der Waals surface area contributed by atoms with Crippen molar-refractivity contribution in [3.05, 3.63) is 65.7 Å². The Morgan fingerprint density at radius 3 is 2.46 bits per heavy atom. The minimum Gasteiger partial charge on any atom is -0.494 e. The summed E-state index contributed by atoms with van der Waals surface area (Å²) in [7, 11) is 0. The highest BCUT2D eigenvalue weighted by atomic mass is 16.5. The number of amides is 2. The van der Waals surface area contributed by atoms with E-state index in [1.807, 2.05) is 54.6 Å². The molecule has 2 amide bonds. The molecular formula is C20H23N3O3. The van der Waals surface area contributed by atoms with Gasteiger partial charge in [0, 0.05) is 6.54 Å². The summed E-state index contributed by atoms with van der Waals surface area (Å²) in [6.45, 7) is 3.09. The molecule has 0 bridgehead atoms. The number of nitrogens with zero attached hydrogens (tertiary/aromatic N) is 1. The van der Waals surface area contributed by atoms with E-state index in [0.29, 0.717) is 6.61 Å². The van der Waals surface area contributed by atoms with Crippen molar-refractivity contribution in [2.24, 2.45) is 5.10 Å². The molecular weight excluding hydrogens is 330 g/mol. The zero-order valence-electron chi connectivity index (χ0n) is 14.8. The van der Waals surface area contributed by atoms with Crippen molar-refractivity contribution in [2.75, 3.05) is 6.61 Å². The molecule has 6 nitrogen and oxygen atoms in total. The summed E-state index contributed by atoms with van der Waals surface area (Å²) < 4.78 is 5.57. The summed E-state index contributed by atoms with van der Waals surface area (Å²) >= 11 is 0. The molecule has 0 spiro atoms. The standard InChI is InChI=1S/C20H23N3O3/c1-2-3-13-26-18-11-9-17(10-12-18)15-22-23-20(25)19(24)21-14-16-7-5-4-6-8-16/h4-12,15H,2-3,13-14H2,1H3,(H,21,24)(H,23,25)/b22-15-. The lowest BCUT2D eigenvalue weighted by molar-refractivity contribution is -0.139. The first-order valence-corrected chi connectivity index (χ1v) is 8.57. The van der Waals surface area contributed by atoms with Crippen LogP contribution in [-0.4, -0.2) is 24.6 Å². The van der Waals surface area contributed by atoms with Crippen molar-refractivity contribution in [1.82, 2.24) is 10.7 Å². The first kappa shape index (κ1) is 19.2. The molecule has 26 heavy (non-hydrogen) atoms. The summed E-state index contributed by atoms with van der Waals surface area (Å²) in [4.78, 5) is 23.4. The van der Waals surface area contributed by atoms with Crippen molar-refractivity contribution < 1.29 is 14.3 Å². The van der Waals surface area contributed by atoms with Gasteiger partial charge in [-0.3, -0.25) is 9.59 Å². The second-order valence-electron chi connectivity index (χ2n) is 5.64. The fourth-order valence-electron chi connectivity index (χ4n) is 2.06. The van der Waals surface area contributed by atoms with Gasteiger partial charge in [0.1, 0.15) is 5.75 Å². The average molecular weight is 353 g/mol. The number of hydrazone groups is 1. The lowest BCUT2D eigenvalue weighted by Crippen LogP contribution is -2.37. The van der Waals surface area contributed by atoms with Crippen LogP contribution in [0.25, 0.3) is 0 Å². The number of rotatable bonds is 8. The zero-order valence-corrected chi connectivity index (χ0v) is 14.8. The van der Waals surface area contributed by atoms with Gasteiger partial charge in [-0.05, 0) is 41.8 Å². The summed E-state index contributed by atoms with van der Waals surface area (Å²) in [6.07, 6.45) is 3.57. The van der Waals surface area contributed by atoms with Crippen LogP contribution in [0.4, 0.5) is 0 Å². The molecule has 0 saturated heterocycles. The SMILES string of the molecule is CCCCOc1ccc(/C=N\NC(=O)C(=O)NCc2ccccc2)cc1. The number of nitrogens with one attached hydrogen (secondary N) is 2. The van der Waals surface area contributed by atoms with E-state index in [1.54, 1.807) is 0 Å². The Bertz CT molecular complexity index is 728. The Morgan fingerprint density at radius 2 is 1.77 bits per heavy atom. The maximum absolute atomic E-state index is 11.7. The molecule has 0 fully saturated rings. The Hall–Kier alpha value is -3.15. The summed E-state index contributed by atoms with van der Waals surface area (Å²) in [5.74, 6) is -0.748. The maximum Gasteiger partial charge on any atom is 0.329 e. The summed E-state index contributed by atoms with van der Waals surface area (Å²) in [6, 6.07) is 16.7. The van der Waals surface area contributed by atoms with Gasteiger partial charge in [0.2, 0.25) is 0 Å². The highest BCUT2D eigenvalue weighted by molar-refractivity contribution is 6.35. The fraction of sp³-hybridized carbons (Fsp3) is 0.250. The van der Waals surface area contributed by atoms with Gasteiger partial charge < -0.3 is 10.1 Å². The van der Waals surface area contributed by atoms with Crippen molar-refractivity contribution in [3.63, 3.8) is 0 Å². The normalized spacial score (nSPS) is 10.5. The second-order valence-corrected chi connectivity index (χ2v) is 5.64. The molecule has 0 aliphatic carbocycles. The van der Waals surface area contributed by atoms with E-state index in [9.17, 15) is 9.59 Å². The smallest absolute Gasteiger partial charge is 0.329 e. The minimum absolute atomic E-state index is 0.288. The van der Waals surface area contributed by atoms with Crippen LogP contribution in [0.15, 0.2) is 59.7 Å². The van der Waals surface area contributed by atoms with Crippen LogP contribution in [-0.2, 0) is 16.1 Å². The Balaban J connectivity index is 1.74. The number of hydrogen-bond donors (Lipinski definition) is 2. The molecule has 2 aromatic carbocycles. The molecule has 0 aliphatic heterocycles. The third kappa shape index (κ3) is 6.76. The molecule has 2 aromatic rings. The van der Waals surface area contributed by atoms with Crippen LogP contribution in [0, 0.1) is 0 Å². The van der Waals surface area contributed by atoms with Crippen LogP contribution in [0.1, 0.15) is 30.9 Å². The lowest BCUT2D eigenvalue weighted by Gasteiger charge is -2.05. The molecule has 0 unspecified atom stereocenters. The fourth-order valence-corrected chi connectivity index (χ4v) is 2.06. The number of carbonyl (C=O) groups is 2. The van der Waals surface area contributed by atoms with Crippen molar-refractivity contribution >= 4 is 18.0 Å². The Kier molecular flexibility index (Phi) is 7.86. The minimum atomic E-state index is -0.809. The van der Waals surface area contributed by atoms with E-state index in [2.05, 4.69) is 22.8 Å². The molecule has 0 atom stereocenters. The highest BCUT2D eigenvalue weighted by Crippen LogP contribution is 2.11. The van der Waals surface area contributed by atoms with Crippen molar-refractivity contribution in [1.29, 1.82) is 0 Å². The molecule has 136 valence electrons. The average Bonchev–Trinajstić information content (AvgIpc) is 2.68. The predicted octanol–water partition coefficient (Wildman–Crippen LogP) is 2.63. The lowest BCUT2D eigenvalue weighted by atomic mass is 10.2. The number of carbonyl (C=O) groups excluding carboxylic acids is 2. The van der Waals surface area contributed by atoms with Gasteiger partial charge >= 0.3 is 11.8 Å². The number of unbranched alkanes of at least 4 members (excludes halogenated alkanes) is 1. The van der Waals surface area contributed by atoms with Crippen LogP contribution in [0.2, 0.25) is 0 Å². The molecule has 0 aromatic heterocycles. The molecule has 0 radical (unpaired) electrons. The van der Waals surface area contributed by atoms with E-state index in [-0.39, 0.29) is 6.54 Å². The van der Waals surface area contributed by atoms with Crippen molar-refractivity contribution in [2.45, 2.75) is 26.3 Å². The summed E-state index contributed by atoms with van der Waals surface area (Å²) in [5.41, 5.74) is 3.92. The van der Waals surface area contributed by atoms with Crippen molar-refractivity contribution in [3.8, 4) is 5.75 Å². The van der Waals surface area contributed by atoms with Crippen LogP contribution in [0.3, 0.4) is 0 Å². The van der Waals surface area contributed by atoms with E-state index in [0.717, 1.165) is 29.7 Å². The van der Waals surface area contributed by atoms with Gasteiger partial charge in [-0.25, -0.2) is 5.43 Å².